The van der Waals surface area contributed by atoms with Crippen LogP contribution in [0.3, 0.4) is 0 Å². The Morgan fingerprint density at radius 1 is 1.44 bits per heavy atom. The topological polar surface area (TPSA) is 107 Å². The molecule has 7 heteroatoms. The third-order valence-corrected chi connectivity index (χ3v) is 3.92. The standard InChI is InChI=1S/C11H23BN2O4/c1-14(2)9-4-3-8(5-6-12(17)18)7-11(9,13)10(15)16/h8-9,17-18H,3-7,13H2,1-2H3,(H,15,16)/t8-,9?,11+/m1/s1. The summed E-state index contributed by atoms with van der Waals surface area (Å²) in [5.74, 6) is -0.834. The lowest BCUT2D eigenvalue weighted by molar-refractivity contribution is -0.148. The van der Waals surface area contributed by atoms with E-state index in [4.69, 9.17) is 15.8 Å². The van der Waals surface area contributed by atoms with Gasteiger partial charge in [-0.15, -0.1) is 0 Å². The Bertz CT molecular complexity index is 301. The Morgan fingerprint density at radius 3 is 2.50 bits per heavy atom. The van der Waals surface area contributed by atoms with Crippen LogP contribution in [-0.2, 0) is 4.79 Å². The molecule has 18 heavy (non-hydrogen) atoms. The van der Waals surface area contributed by atoms with Gasteiger partial charge in [0, 0.05) is 6.04 Å². The Balaban J connectivity index is 2.71. The number of hydrogen-bond acceptors (Lipinski definition) is 5. The Morgan fingerprint density at radius 2 is 2.06 bits per heavy atom. The number of carbonyl (C=O) groups is 1. The summed E-state index contributed by atoms with van der Waals surface area (Å²) in [4.78, 5) is 13.3. The fourth-order valence-corrected chi connectivity index (χ4v) is 2.95. The Labute approximate surface area is 108 Å². The molecule has 1 aliphatic rings. The monoisotopic (exact) mass is 258 g/mol. The second-order valence-corrected chi connectivity index (χ2v) is 5.53. The highest BCUT2D eigenvalue weighted by molar-refractivity contribution is 6.40. The molecule has 104 valence electrons. The second-order valence-electron chi connectivity index (χ2n) is 5.53. The molecule has 0 aromatic heterocycles. The third-order valence-electron chi connectivity index (χ3n) is 3.92. The first-order valence-electron chi connectivity index (χ1n) is 6.32. The van der Waals surface area contributed by atoms with Crippen molar-refractivity contribution >= 4 is 13.1 Å². The zero-order valence-electron chi connectivity index (χ0n) is 11.0. The summed E-state index contributed by atoms with van der Waals surface area (Å²) in [5, 5.41) is 27.1. The van der Waals surface area contributed by atoms with Crippen molar-refractivity contribution in [2.75, 3.05) is 14.1 Å². The number of carboxylic acid groups (broad SMARTS) is 1. The second kappa shape index (κ2) is 6.01. The van der Waals surface area contributed by atoms with Crippen LogP contribution < -0.4 is 5.73 Å². The van der Waals surface area contributed by atoms with Gasteiger partial charge in [-0.2, -0.15) is 0 Å². The predicted molar refractivity (Wildman–Crippen MR) is 69.0 cm³/mol. The van der Waals surface area contributed by atoms with Crippen LogP contribution in [0.4, 0.5) is 0 Å². The molecular formula is C11H23BN2O4. The van der Waals surface area contributed by atoms with Gasteiger partial charge in [-0.25, -0.2) is 0 Å². The first kappa shape index (κ1) is 15.4. The van der Waals surface area contributed by atoms with Gasteiger partial charge >= 0.3 is 13.1 Å². The lowest BCUT2D eigenvalue weighted by Gasteiger charge is -2.44. The van der Waals surface area contributed by atoms with E-state index in [0.29, 0.717) is 12.8 Å². The van der Waals surface area contributed by atoms with Crippen molar-refractivity contribution in [1.29, 1.82) is 0 Å². The fourth-order valence-electron chi connectivity index (χ4n) is 2.95. The minimum atomic E-state index is -1.33. The van der Waals surface area contributed by atoms with Gasteiger partial charge < -0.3 is 25.8 Å². The molecule has 0 heterocycles. The highest BCUT2D eigenvalue weighted by atomic mass is 16.4. The van der Waals surface area contributed by atoms with Crippen molar-refractivity contribution in [2.45, 2.75) is 43.6 Å². The van der Waals surface area contributed by atoms with E-state index in [2.05, 4.69) is 0 Å². The number of aliphatic carboxylic acids is 1. The molecule has 0 saturated heterocycles. The van der Waals surface area contributed by atoms with E-state index >= 15 is 0 Å². The van der Waals surface area contributed by atoms with Gasteiger partial charge in [-0.1, -0.05) is 6.42 Å². The molecule has 0 amide bonds. The minimum Gasteiger partial charge on any atom is -0.480 e. The van der Waals surface area contributed by atoms with Crippen LogP contribution in [0.2, 0.25) is 6.32 Å². The molecule has 3 atom stereocenters. The molecule has 1 aliphatic carbocycles. The maximum Gasteiger partial charge on any atom is 0.451 e. The van der Waals surface area contributed by atoms with Gasteiger partial charge in [0.1, 0.15) is 5.54 Å². The summed E-state index contributed by atoms with van der Waals surface area (Å²) in [5.41, 5.74) is 4.83. The van der Waals surface area contributed by atoms with Gasteiger partial charge in [-0.05, 0) is 45.6 Å². The Hall–Kier alpha value is -0.625. The molecule has 1 fully saturated rings. The minimum absolute atomic E-state index is 0.143. The van der Waals surface area contributed by atoms with Crippen molar-refractivity contribution in [1.82, 2.24) is 4.90 Å². The van der Waals surface area contributed by atoms with Gasteiger partial charge in [0.25, 0.3) is 0 Å². The normalized spacial score (nSPS) is 32.6. The van der Waals surface area contributed by atoms with E-state index in [9.17, 15) is 9.90 Å². The number of nitrogens with two attached hydrogens (primary N) is 1. The highest BCUT2D eigenvalue weighted by Crippen LogP contribution is 2.36. The molecule has 1 saturated carbocycles. The average Bonchev–Trinajstić information content (AvgIpc) is 2.25. The van der Waals surface area contributed by atoms with E-state index in [-0.39, 0.29) is 18.3 Å². The van der Waals surface area contributed by atoms with Crippen molar-refractivity contribution in [3.8, 4) is 0 Å². The molecule has 0 bridgehead atoms. The van der Waals surface area contributed by atoms with Crippen molar-refractivity contribution in [3.63, 3.8) is 0 Å². The first-order valence-corrected chi connectivity index (χ1v) is 6.32. The molecule has 0 aliphatic heterocycles. The smallest absolute Gasteiger partial charge is 0.451 e. The number of rotatable bonds is 5. The van der Waals surface area contributed by atoms with Crippen LogP contribution in [0.15, 0.2) is 0 Å². The number of carboxylic acids is 1. The summed E-state index contributed by atoms with van der Waals surface area (Å²) < 4.78 is 0. The molecule has 0 aromatic carbocycles. The van der Waals surface area contributed by atoms with E-state index in [0.717, 1.165) is 12.8 Å². The van der Waals surface area contributed by atoms with Crippen LogP contribution in [-0.4, -0.2) is 58.8 Å². The molecule has 0 aromatic rings. The van der Waals surface area contributed by atoms with Crippen molar-refractivity contribution in [3.05, 3.63) is 0 Å². The summed E-state index contributed by atoms with van der Waals surface area (Å²) in [6.45, 7) is 0. The van der Waals surface area contributed by atoms with Crippen LogP contribution >= 0.6 is 0 Å². The summed E-state index contributed by atoms with van der Waals surface area (Å²) >= 11 is 0. The molecule has 1 rings (SSSR count). The largest absolute Gasteiger partial charge is 0.480 e. The van der Waals surface area contributed by atoms with Crippen LogP contribution in [0.1, 0.15) is 25.7 Å². The van der Waals surface area contributed by atoms with Crippen molar-refractivity contribution in [2.24, 2.45) is 11.7 Å². The van der Waals surface area contributed by atoms with E-state index < -0.39 is 18.6 Å². The zero-order chi connectivity index (χ0) is 13.9. The molecule has 0 spiro atoms. The lowest BCUT2D eigenvalue weighted by Crippen LogP contribution is -2.64. The van der Waals surface area contributed by atoms with Gasteiger partial charge in [0.15, 0.2) is 0 Å². The SMILES string of the molecule is CN(C)C1CC[C@H](CCB(O)O)C[C@@]1(N)C(=O)O. The third kappa shape index (κ3) is 3.44. The summed E-state index contributed by atoms with van der Waals surface area (Å²) in [6.07, 6.45) is 2.86. The quantitative estimate of drug-likeness (QED) is 0.489. The van der Waals surface area contributed by atoms with E-state index in [1.165, 1.54) is 0 Å². The van der Waals surface area contributed by atoms with Gasteiger partial charge in [-0.3, -0.25) is 4.79 Å². The molecular weight excluding hydrogens is 235 g/mol. The highest BCUT2D eigenvalue weighted by Gasteiger charge is 2.47. The van der Waals surface area contributed by atoms with Crippen LogP contribution in [0.5, 0.6) is 0 Å². The van der Waals surface area contributed by atoms with Crippen molar-refractivity contribution < 1.29 is 19.9 Å². The summed E-state index contributed by atoms with van der Waals surface area (Å²) in [7, 11) is 2.36. The number of likely N-dealkylation sites (N-methyl/N-ethyl adjacent to an activating group) is 1. The zero-order valence-corrected chi connectivity index (χ0v) is 11.0. The number of hydrogen-bond donors (Lipinski definition) is 4. The van der Waals surface area contributed by atoms with Gasteiger partial charge in [0.2, 0.25) is 0 Å². The van der Waals surface area contributed by atoms with Crippen LogP contribution in [0, 0.1) is 5.92 Å². The van der Waals surface area contributed by atoms with E-state index in [1.807, 2.05) is 19.0 Å². The van der Waals surface area contributed by atoms with Crippen LogP contribution in [0.25, 0.3) is 0 Å². The summed E-state index contributed by atoms with van der Waals surface area (Å²) in [6, 6.07) is -0.176. The number of nitrogens with zero attached hydrogens (tertiary/aromatic N) is 1. The van der Waals surface area contributed by atoms with E-state index in [1.54, 1.807) is 0 Å². The average molecular weight is 258 g/mol. The maximum absolute atomic E-state index is 11.4. The first-order chi connectivity index (χ1) is 8.27. The maximum atomic E-state index is 11.4. The molecule has 1 unspecified atom stereocenters. The fraction of sp³-hybridized carbons (Fsp3) is 0.909. The predicted octanol–water partition coefficient (Wildman–Crippen LogP) is -0.638. The van der Waals surface area contributed by atoms with Gasteiger partial charge in [0.05, 0.1) is 0 Å². The molecule has 0 radical (unpaired) electrons. The molecule has 5 N–H and O–H groups in total. The lowest BCUT2D eigenvalue weighted by atomic mass is 9.68. The Kier molecular flexibility index (Phi) is 5.15. The molecule has 6 nitrogen and oxygen atoms in total.